The van der Waals surface area contributed by atoms with E-state index < -0.39 is 11.6 Å². The number of nitrogens with zero attached hydrogens (tertiary/aromatic N) is 2. The topological polar surface area (TPSA) is 41.6 Å². The summed E-state index contributed by atoms with van der Waals surface area (Å²) in [5.74, 6) is -1.43. The van der Waals surface area contributed by atoms with Gasteiger partial charge in [0.15, 0.2) is 11.6 Å². The first-order valence-corrected chi connectivity index (χ1v) is 7.14. The lowest BCUT2D eigenvalue weighted by atomic mass is 9.91. The van der Waals surface area contributed by atoms with Crippen LogP contribution in [0.15, 0.2) is 24.4 Å². The van der Waals surface area contributed by atoms with Gasteiger partial charge >= 0.3 is 0 Å². The van der Waals surface area contributed by atoms with Gasteiger partial charge in [-0.05, 0) is 6.07 Å². The Morgan fingerprint density at radius 2 is 1.77 bits per heavy atom. The summed E-state index contributed by atoms with van der Waals surface area (Å²) < 4.78 is 26.5. The van der Waals surface area contributed by atoms with Crippen molar-refractivity contribution in [1.29, 1.82) is 0 Å². The van der Waals surface area contributed by atoms with Crippen LogP contribution in [-0.4, -0.2) is 15.0 Å². The van der Waals surface area contributed by atoms with Gasteiger partial charge in [0, 0.05) is 29.4 Å². The Morgan fingerprint density at radius 1 is 1.09 bits per heavy atom. The Balaban J connectivity index is 2.11. The minimum absolute atomic E-state index is 0.123. The van der Waals surface area contributed by atoms with E-state index in [1.54, 1.807) is 12.3 Å². The van der Waals surface area contributed by atoms with Crippen molar-refractivity contribution in [3.63, 3.8) is 0 Å². The average Bonchev–Trinajstić information content (AvgIpc) is 2.80. The molecule has 0 saturated carbocycles. The van der Waals surface area contributed by atoms with Crippen LogP contribution in [0.3, 0.4) is 0 Å². The highest BCUT2D eigenvalue weighted by Crippen LogP contribution is 2.31. The Labute approximate surface area is 131 Å². The summed E-state index contributed by atoms with van der Waals surface area (Å²) in [7, 11) is 0. The van der Waals surface area contributed by atoms with Crippen molar-refractivity contribution in [2.75, 3.05) is 0 Å². The fraction of sp³-hybridized carbons (Fsp3) is 0.250. The summed E-state index contributed by atoms with van der Waals surface area (Å²) in [6, 6.07) is 3.91. The van der Waals surface area contributed by atoms with Crippen molar-refractivity contribution in [3.8, 4) is 11.4 Å². The third-order valence-corrected chi connectivity index (χ3v) is 3.71. The Hall–Kier alpha value is -2.01. The molecule has 1 aromatic carbocycles. The molecule has 2 heterocycles. The highest BCUT2D eigenvalue weighted by molar-refractivity contribution is 6.33. The van der Waals surface area contributed by atoms with E-state index in [0.29, 0.717) is 27.4 Å². The summed E-state index contributed by atoms with van der Waals surface area (Å²) in [4.78, 5) is 11.6. The molecule has 114 valence electrons. The number of imidazole rings is 1. The molecular formula is C16H14ClF2N3. The molecular weight excluding hydrogens is 308 g/mol. The molecule has 0 atom stereocenters. The van der Waals surface area contributed by atoms with E-state index in [-0.39, 0.29) is 5.41 Å². The van der Waals surface area contributed by atoms with Crippen LogP contribution >= 0.6 is 11.6 Å². The van der Waals surface area contributed by atoms with Crippen LogP contribution in [-0.2, 0) is 5.41 Å². The molecule has 0 aliphatic carbocycles. The number of aromatic nitrogens is 3. The van der Waals surface area contributed by atoms with Crippen LogP contribution in [0.25, 0.3) is 22.4 Å². The van der Waals surface area contributed by atoms with Crippen molar-refractivity contribution in [1.82, 2.24) is 15.0 Å². The molecule has 22 heavy (non-hydrogen) atoms. The van der Waals surface area contributed by atoms with Gasteiger partial charge in [0.25, 0.3) is 0 Å². The molecule has 3 aromatic rings. The third kappa shape index (κ3) is 2.57. The average molecular weight is 322 g/mol. The number of rotatable bonds is 1. The van der Waals surface area contributed by atoms with Gasteiger partial charge in [-0.25, -0.2) is 13.8 Å². The van der Waals surface area contributed by atoms with Gasteiger partial charge in [-0.2, -0.15) is 0 Å². The summed E-state index contributed by atoms with van der Waals surface area (Å²) in [5.41, 5.74) is 2.07. The second-order valence-corrected chi connectivity index (χ2v) is 6.58. The molecule has 0 saturated heterocycles. The molecule has 2 aromatic heterocycles. The molecule has 3 nitrogen and oxygen atoms in total. The molecule has 1 N–H and O–H groups in total. The standard InChI is InChI=1S/C16H14ClF2N3/c1-16(2,3)14-4-9(17)8(7-20-14)15-21-12-5-10(18)11(19)6-13(12)22-15/h4-7H,1-3H3,(H,21,22). The summed E-state index contributed by atoms with van der Waals surface area (Å²) in [6.45, 7) is 6.12. The molecule has 0 bridgehead atoms. The quantitative estimate of drug-likeness (QED) is 0.696. The van der Waals surface area contributed by atoms with E-state index >= 15 is 0 Å². The fourth-order valence-electron chi connectivity index (χ4n) is 2.15. The van der Waals surface area contributed by atoms with E-state index in [0.717, 1.165) is 17.8 Å². The Bertz CT molecular complexity index is 827. The maximum atomic E-state index is 13.3. The monoisotopic (exact) mass is 321 g/mol. The SMILES string of the molecule is CC(C)(C)c1cc(Cl)c(-c2nc3cc(F)c(F)cc3[nH]2)cn1. The van der Waals surface area contributed by atoms with Gasteiger partial charge in [0.1, 0.15) is 5.82 Å². The number of halogens is 3. The third-order valence-electron chi connectivity index (χ3n) is 3.40. The molecule has 0 radical (unpaired) electrons. The van der Waals surface area contributed by atoms with Gasteiger partial charge in [-0.15, -0.1) is 0 Å². The normalized spacial score (nSPS) is 12.1. The molecule has 0 spiro atoms. The minimum Gasteiger partial charge on any atom is -0.338 e. The lowest BCUT2D eigenvalue weighted by Crippen LogP contribution is -2.13. The first-order chi connectivity index (χ1) is 10.3. The lowest BCUT2D eigenvalue weighted by molar-refractivity contribution is 0.510. The molecule has 3 rings (SSSR count). The van der Waals surface area contributed by atoms with Crippen LogP contribution < -0.4 is 0 Å². The van der Waals surface area contributed by atoms with Crippen molar-refractivity contribution in [2.45, 2.75) is 26.2 Å². The number of pyridine rings is 1. The molecule has 0 amide bonds. The molecule has 0 aliphatic rings. The number of hydrogen-bond donors (Lipinski definition) is 1. The number of hydrogen-bond acceptors (Lipinski definition) is 2. The van der Waals surface area contributed by atoms with Crippen molar-refractivity contribution in [2.24, 2.45) is 0 Å². The number of aromatic amines is 1. The highest BCUT2D eigenvalue weighted by Gasteiger charge is 2.18. The Kier molecular flexibility index (Phi) is 3.40. The van der Waals surface area contributed by atoms with Gasteiger partial charge in [0.2, 0.25) is 0 Å². The minimum atomic E-state index is -0.933. The Morgan fingerprint density at radius 3 is 2.41 bits per heavy atom. The summed E-state index contributed by atoms with van der Waals surface area (Å²) in [6.07, 6.45) is 1.62. The van der Waals surface area contributed by atoms with E-state index in [9.17, 15) is 8.78 Å². The summed E-state index contributed by atoms with van der Waals surface area (Å²) >= 11 is 6.31. The zero-order valence-corrected chi connectivity index (χ0v) is 13.1. The zero-order chi connectivity index (χ0) is 16.1. The van der Waals surface area contributed by atoms with E-state index in [1.165, 1.54) is 0 Å². The second kappa shape index (κ2) is 5.02. The van der Waals surface area contributed by atoms with Gasteiger partial charge in [0.05, 0.1) is 21.6 Å². The van der Waals surface area contributed by atoms with Crippen LogP contribution in [0.4, 0.5) is 8.78 Å². The molecule has 0 aliphatic heterocycles. The first kappa shape index (κ1) is 14.9. The maximum absolute atomic E-state index is 13.3. The van der Waals surface area contributed by atoms with Gasteiger partial charge < -0.3 is 4.98 Å². The van der Waals surface area contributed by atoms with E-state index in [4.69, 9.17) is 11.6 Å². The fourth-order valence-corrected chi connectivity index (χ4v) is 2.39. The van der Waals surface area contributed by atoms with Crippen molar-refractivity contribution < 1.29 is 8.78 Å². The number of H-pyrrole nitrogens is 1. The maximum Gasteiger partial charge on any atom is 0.161 e. The van der Waals surface area contributed by atoms with Crippen LogP contribution in [0.2, 0.25) is 5.02 Å². The summed E-state index contributed by atoms with van der Waals surface area (Å²) in [5, 5.41) is 0.486. The number of benzene rings is 1. The predicted molar refractivity (Wildman–Crippen MR) is 83.0 cm³/mol. The number of nitrogens with one attached hydrogen (secondary N) is 1. The molecule has 0 unspecified atom stereocenters. The second-order valence-electron chi connectivity index (χ2n) is 6.17. The number of fused-ring (bicyclic) bond motifs is 1. The largest absolute Gasteiger partial charge is 0.338 e. The zero-order valence-electron chi connectivity index (χ0n) is 12.3. The molecule has 6 heteroatoms. The highest BCUT2D eigenvalue weighted by atomic mass is 35.5. The van der Waals surface area contributed by atoms with Crippen molar-refractivity contribution >= 4 is 22.6 Å². The smallest absolute Gasteiger partial charge is 0.161 e. The lowest BCUT2D eigenvalue weighted by Gasteiger charge is -2.18. The van der Waals surface area contributed by atoms with Crippen LogP contribution in [0, 0.1) is 11.6 Å². The van der Waals surface area contributed by atoms with Gasteiger partial charge in [-0.1, -0.05) is 32.4 Å². The first-order valence-electron chi connectivity index (χ1n) is 6.77. The van der Waals surface area contributed by atoms with Gasteiger partial charge in [-0.3, -0.25) is 4.98 Å². The van der Waals surface area contributed by atoms with Crippen molar-refractivity contribution in [3.05, 3.63) is 46.7 Å². The van der Waals surface area contributed by atoms with Crippen LogP contribution in [0.5, 0.6) is 0 Å². The van der Waals surface area contributed by atoms with E-state index in [1.807, 2.05) is 20.8 Å². The molecule has 0 fully saturated rings. The van der Waals surface area contributed by atoms with E-state index in [2.05, 4.69) is 15.0 Å². The van der Waals surface area contributed by atoms with Crippen LogP contribution in [0.1, 0.15) is 26.5 Å². The predicted octanol–water partition coefficient (Wildman–Crippen LogP) is 4.85.